The Morgan fingerprint density at radius 3 is 2.30 bits per heavy atom. The molecule has 0 aliphatic carbocycles. The van der Waals surface area contributed by atoms with Crippen molar-refractivity contribution in [2.45, 2.75) is 65.8 Å². The van der Waals surface area contributed by atoms with Gasteiger partial charge >= 0.3 is 0 Å². The van der Waals surface area contributed by atoms with E-state index >= 15 is 0 Å². The normalized spacial score (nSPS) is 12.8. The topological polar surface area (TPSA) is 35.2 Å². The quantitative estimate of drug-likeness (QED) is 0.875. The fourth-order valence-electron chi connectivity index (χ4n) is 2.21. The predicted molar refractivity (Wildman–Crippen MR) is 90.3 cm³/mol. The lowest BCUT2D eigenvalue weighted by atomic mass is 9.83. The number of hydrogen-bond acceptors (Lipinski definition) is 2. The number of hydrogen-bond donors (Lipinski definition) is 1. The minimum absolute atomic E-state index is 0. The highest BCUT2D eigenvalue weighted by Crippen LogP contribution is 2.34. The smallest absolute Gasteiger partial charge is 0.123 e. The number of rotatable bonds is 5. The number of ether oxygens (including phenoxy) is 1. The Morgan fingerprint density at radius 2 is 1.85 bits per heavy atom. The van der Waals surface area contributed by atoms with Crippen molar-refractivity contribution in [2.24, 2.45) is 5.73 Å². The molecule has 0 aromatic heterocycles. The van der Waals surface area contributed by atoms with E-state index in [2.05, 4.69) is 53.7 Å². The third-order valence-corrected chi connectivity index (χ3v) is 3.25. The van der Waals surface area contributed by atoms with Gasteiger partial charge in [0.15, 0.2) is 0 Å². The van der Waals surface area contributed by atoms with Gasteiger partial charge < -0.3 is 10.5 Å². The highest BCUT2D eigenvalue weighted by atomic mass is 35.5. The van der Waals surface area contributed by atoms with Crippen LogP contribution in [0.25, 0.3) is 0 Å². The van der Waals surface area contributed by atoms with Crippen LogP contribution in [0, 0.1) is 6.92 Å². The van der Waals surface area contributed by atoms with Crippen LogP contribution >= 0.6 is 12.4 Å². The molecule has 0 amide bonds. The standard InChI is InChI=1S/C17H29NO.ClH/c1-7-8-19-16-9-12(2)14(10-13(3)18)11-15(16)17(4,5)6;/h9,11,13H,7-8,10,18H2,1-6H3;1H. The van der Waals surface area contributed by atoms with E-state index < -0.39 is 0 Å². The molecule has 20 heavy (non-hydrogen) atoms. The van der Waals surface area contributed by atoms with Crippen LogP contribution in [0.3, 0.4) is 0 Å². The lowest BCUT2D eigenvalue weighted by Crippen LogP contribution is -2.20. The summed E-state index contributed by atoms with van der Waals surface area (Å²) in [5, 5.41) is 0. The second-order valence-electron chi connectivity index (χ2n) is 6.55. The third-order valence-electron chi connectivity index (χ3n) is 3.25. The highest BCUT2D eigenvalue weighted by Gasteiger charge is 2.21. The molecule has 2 N–H and O–H groups in total. The maximum Gasteiger partial charge on any atom is 0.123 e. The van der Waals surface area contributed by atoms with Crippen LogP contribution in [-0.2, 0) is 11.8 Å². The molecular weight excluding hydrogens is 270 g/mol. The van der Waals surface area contributed by atoms with Crippen LogP contribution in [0.15, 0.2) is 12.1 Å². The molecule has 1 rings (SSSR count). The molecule has 116 valence electrons. The minimum Gasteiger partial charge on any atom is -0.493 e. The maximum absolute atomic E-state index is 5.94. The molecule has 1 atom stereocenters. The molecule has 1 aromatic carbocycles. The lowest BCUT2D eigenvalue weighted by Gasteiger charge is -2.25. The van der Waals surface area contributed by atoms with E-state index in [9.17, 15) is 0 Å². The SMILES string of the molecule is CCCOc1cc(C)c(CC(C)N)cc1C(C)(C)C.Cl. The lowest BCUT2D eigenvalue weighted by molar-refractivity contribution is 0.308. The van der Waals surface area contributed by atoms with E-state index in [-0.39, 0.29) is 23.9 Å². The predicted octanol–water partition coefficient (Wildman–Crippen LogP) is 4.39. The van der Waals surface area contributed by atoms with Crippen LogP contribution in [0.1, 0.15) is 57.7 Å². The third kappa shape index (κ3) is 5.34. The van der Waals surface area contributed by atoms with Gasteiger partial charge in [-0.05, 0) is 54.9 Å². The second kappa shape index (κ2) is 7.90. The Bertz CT molecular complexity index is 422. The molecule has 0 aliphatic heterocycles. The van der Waals surface area contributed by atoms with E-state index in [0.29, 0.717) is 0 Å². The van der Waals surface area contributed by atoms with Gasteiger partial charge in [0.1, 0.15) is 5.75 Å². The highest BCUT2D eigenvalue weighted by molar-refractivity contribution is 5.85. The molecule has 0 radical (unpaired) electrons. The number of nitrogens with two attached hydrogens (primary N) is 1. The van der Waals surface area contributed by atoms with Gasteiger partial charge in [0.05, 0.1) is 6.61 Å². The molecule has 3 heteroatoms. The summed E-state index contributed by atoms with van der Waals surface area (Å²) >= 11 is 0. The van der Waals surface area contributed by atoms with E-state index in [1.165, 1.54) is 16.7 Å². The van der Waals surface area contributed by atoms with Crippen molar-refractivity contribution in [1.29, 1.82) is 0 Å². The largest absolute Gasteiger partial charge is 0.493 e. The zero-order valence-electron chi connectivity index (χ0n) is 13.7. The Kier molecular flexibility index (Phi) is 7.61. The van der Waals surface area contributed by atoms with Crippen LogP contribution in [0.2, 0.25) is 0 Å². The fourth-order valence-corrected chi connectivity index (χ4v) is 2.21. The second-order valence-corrected chi connectivity index (χ2v) is 6.55. The van der Waals surface area contributed by atoms with Gasteiger partial charge in [-0.3, -0.25) is 0 Å². The number of halogens is 1. The van der Waals surface area contributed by atoms with Crippen molar-refractivity contribution in [3.63, 3.8) is 0 Å². The van der Waals surface area contributed by atoms with Crippen LogP contribution < -0.4 is 10.5 Å². The summed E-state index contributed by atoms with van der Waals surface area (Å²) in [4.78, 5) is 0. The van der Waals surface area contributed by atoms with Crippen molar-refractivity contribution in [1.82, 2.24) is 0 Å². The van der Waals surface area contributed by atoms with E-state index in [4.69, 9.17) is 10.5 Å². The molecule has 0 saturated heterocycles. The van der Waals surface area contributed by atoms with Gasteiger partial charge in [-0.1, -0.05) is 33.8 Å². The summed E-state index contributed by atoms with van der Waals surface area (Å²) in [6.07, 6.45) is 1.95. The molecule has 0 heterocycles. The van der Waals surface area contributed by atoms with Crippen molar-refractivity contribution < 1.29 is 4.74 Å². The van der Waals surface area contributed by atoms with Gasteiger partial charge in [-0.2, -0.15) is 0 Å². The first kappa shape index (κ1) is 19.3. The summed E-state index contributed by atoms with van der Waals surface area (Å²) in [6.45, 7) is 13.8. The van der Waals surface area contributed by atoms with Gasteiger partial charge in [-0.15, -0.1) is 12.4 Å². The van der Waals surface area contributed by atoms with Gasteiger partial charge in [0, 0.05) is 6.04 Å². The number of benzene rings is 1. The van der Waals surface area contributed by atoms with Crippen LogP contribution in [0.5, 0.6) is 5.75 Å². The average Bonchev–Trinajstić information content (AvgIpc) is 2.27. The van der Waals surface area contributed by atoms with Crippen molar-refractivity contribution in [3.05, 3.63) is 28.8 Å². The summed E-state index contributed by atoms with van der Waals surface area (Å²) < 4.78 is 5.92. The first-order valence-corrected chi connectivity index (χ1v) is 7.28. The molecular formula is C17H30ClNO. The fraction of sp³-hybridized carbons (Fsp3) is 0.647. The average molecular weight is 300 g/mol. The van der Waals surface area contributed by atoms with E-state index in [0.717, 1.165) is 25.2 Å². The van der Waals surface area contributed by atoms with Gasteiger partial charge in [-0.25, -0.2) is 0 Å². The van der Waals surface area contributed by atoms with E-state index in [1.807, 2.05) is 0 Å². The molecule has 0 fully saturated rings. The summed E-state index contributed by atoms with van der Waals surface area (Å²) in [5.74, 6) is 1.03. The molecule has 1 unspecified atom stereocenters. The van der Waals surface area contributed by atoms with Crippen LogP contribution in [-0.4, -0.2) is 12.6 Å². The minimum atomic E-state index is 0. The molecule has 0 saturated carbocycles. The summed E-state index contributed by atoms with van der Waals surface area (Å²) in [5.41, 5.74) is 9.92. The Hall–Kier alpha value is -0.730. The van der Waals surface area contributed by atoms with Crippen molar-refractivity contribution >= 4 is 12.4 Å². The van der Waals surface area contributed by atoms with Gasteiger partial charge in [0.25, 0.3) is 0 Å². The van der Waals surface area contributed by atoms with Crippen molar-refractivity contribution in [3.8, 4) is 5.75 Å². The van der Waals surface area contributed by atoms with Crippen LogP contribution in [0.4, 0.5) is 0 Å². The number of aryl methyl sites for hydroxylation is 1. The first-order valence-electron chi connectivity index (χ1n) is 7.28. The molecule has 0 aliphatic rings. The van der Waals surface area contributed by atoms with Gasteiger partial charge in [0.2, 0.25) is 0 Å². The zero-order chi connectivity index (χ0) is 14.6. The first-order chi connectivity index (χ1) is 8.75. The zero-order valence-corrected chi connectivity index (χ0v) is 14.6. The monoisotopic (exact) mass is 299 g/mol. The summed E-state index contributed by atoms with van der Waals surface area (Å²) in [6, 6.07) is 4.64. The Labute approximate surface area is 130 Å². The van der Waals surface area contributed by atoms with Crippen molar-refractivity contribution in [2.75, 3.05) is 6.61 Å². The Morgan fingerprint density at radius 1 is 1.25 bits per heavy atom. The molecule has 0 bridgehead atoms. The van der Waals surface area contributed by atoms with E-state index in [1.54, 1.807) is 0 Å². The Balaban J connectivity index is 0.00000361. The molecule has 2 nitrogen and oxygen atoms in total. The molecule has 1 aromatic rings. The summed E-state index contributed by atoms with van der Waals surface area (Å²) in [7, 11) is 0. The maximum atomic E-state index is 5.94. The molecule has 0 spiro atoms.